The predicted octanol–water partition coefficient (Wildman–Crippen LogP) is -0.831. The van der Waals surface area contributed by atoms with Gasteiger partial charge in [0, 0.05) is 55.4 Å². The number of esters is 8. The van der Waals surface area contributed by atoms with E-state index in [1.807, 2.05) is 0 Å². The van der Waals surface area contributed by atoms with Crippen molar-refractivity contribution in [3.8, 4) is 0 Å². The minimum absolute atomic E-state index is 0.541. The first kappa shape index (κ1) is 38.8. The molecule has 2 aliphatic heterocycles. The molecule has 19 heteroatoms. The Bertz CT molecular complexity index is 1200. The van der Waals surface area contributed by atoms with Gasteiger partial charge >= 0.3 is 47.8 Å². The Balaban J connectivity index is 2.56. The molecule has 2 saturated heterocycles. The second-order valence-corrected chi connectivity index (χ2v) is 10.3. The Kier molecular flexibility index (Phi) is 14.5. The first-order chi connectivity index (χ1) is 21.9. The highest BCUT2D eigenvalue weighted by molar-refractivity contribution is 5.70. The molecule has 0 bridgehead atoms. The minimum atomic E-state index is -1.71. The third-order valence-corrected chi connectivity index (χ3v) is 6.15. The van der Waals surface area contributed by atoms with Crippen molar-refractivity contribution in [2.45, 2.75) is 117 Å². The molecule has 2 heterocycles. The smallest absolute Gasteiger partial charge is 0.305 e. The van der Waals surface area contributed by atoms with E-state index in [9.17, 15) is 38.4 Å². The van der Waals surface area contributed by atoms with Crippen molar-refractivity contribution in [3.63, 3.8) is 0 Å². The van der Waals surface area contributed by atoms with Gasteiger partial charge in [-0.05, 0) is 0 Å². The van der Waals surface area contributed by atoms with E-state index in [0.29, 0.717) is 0 Å². The van der Waals surface area contributed by atoms with Crippen molar-refractivity contribution in [3.05, 3.63) is 0 Å². The molecule has 0 unspecified atom stereocenters. The van der Waals surface area contributed by atoms with Gasteiger partial charge in [0.2, 0.25) is 12.4 Å². The molecule has 0 radical (unpaired) electrons. The summed E-state index contributed by atoms with van der Waals surface area (Å²) in [4.78, 5) is 95.9. The van der Waals surface area contributed by atoms with Crippen LogP contribution in [0.1, 0.15) is 55.4 Å². The van der Waals surface area contributed by atoms with E-state index in [2.05, 4.69) is 0 Å². The fraction of sp³-hybridized carbons (Fsp3) is 0.714. The van der Waals surface area contributed by atoms with Crippen molar-refractivity contribution in [2.75, 3.05) is 13.2 Å². The van der Waals surface area contributed by atoms with Gasteiger partial charge in [0.1, 0.15) is 18.8 Å². The molecule has 47 heavy (non-hydrogen) atoms. The quantitative estimate of drug-likeness (QED) is 0.181. The maximum absolute atomic E-state index is 12.1. The van der Waals surface area contributed by atoms with Crippen molar-refractivity contribution in [1.82, 2.24) is 0 Å². The van der Waals surface area contributed by atoms with E-state index >= 15 is 0 Å². The first-order valence-electron chi connectivity index (χ1n) is 14.2. The lowest BCUT2D eigenvalue weighted by atomic mass is 9.97. The van der Waals surface area contributed by atoms with Gasteiger partial charge in [0.05, 0.1) is 6.61 Å². The fourth-order valence-electron chi connectivity index (χ4n) is 4.76. The highest BCUT2D eigenvalue weighted by Crippen LogP contribution is 2.33. The third-order valence-electron chi connectivity index (χ3n) is 6.15. The van der Waals surface area contributed by atoms with Gasteiger partial charge in [-0.25, -0.2) is 0 Å². The molecule has 2 fully saturated rings. The monoisotopic (exact) mass is 678 g/mol. The Morgan fingerprint density at radius 2 is 0.702 bits per heavy atom. The number of hydrogen-bond donors (Lipinski definition) is 0. The molecule has 0 aromatic carbocycles. The molecule has 0 aromatic heterocycles. The summed E-state index contributed by atoms with van der Waals surface area (Å²) in [5.74, 6) is -6.93. The third kappa shape index (κ3) is 12.1. The lowest BCUT2D eigenvalue weighted by Gasteiger charge is -2.46. The van der Waals surface area contributed by atoms with Crippen molar-refractivity contribution in [2.24, 2.45) is 0 Å². The van der Waals surface area contributed by atoms with Crippen LogP contribution in [0.3, 0.4) is 0 Å². The van der Waals surface area contributed by atoms with Crippen LogP contribution in [-0.4, -0.2) is 122 Å². The van der Waals surface area contributed by atoms with Crippen LogP contribution in [0.2, 0.25) is 0 Å². The number of rotatable bonds is 12. The summed E-state index contributed by atoms with van der Waals surface area (Å²) in [5.41, 5.74) is 0. The summed E-state index contributed by atoms with van der Waals surface area (Å²) in [5, 5.41) is 0. The first-order valence-corrected chi connectivity index (χ1v) is 14.2. The summed E-state index contributed by atoms with van der Waals surface area (Å²) >= 11 is 0. The molecule has 0 aliphatic carbocycles. The second kappa shape index (κ2) is 17.5. The molecular formula is C28H38O19. The van der Waals surface area contributed by atoms with Crippen LogP contribution < -0.4 is 0 Å². The highest BCUT2D eigenvalue weighted by atomic mass is 16.8. The average molecular weight is 679 g/mol. The zero-order valence-electron chi connectivity index (χ0n) is 26.9. The largest absolute Gasteiger partial charge is 0.463 e. The highest BCUT2D eigenvalue weighted by Gasteiger charge is 2.56. The summed E-state index contributed by atoms with van der Waals surface area (Å²) in [7, 11) is 0. The van der Waals surface area contributed by atoms with Gasteiger partial charge in [0.15, 0.2) is 36.8 Å². The Labute approximate surface area is 268 Å². The maximum Gasteiger partial charge on any atom is 0.305 e. The fourth-order valence-corrected chi connectivity index (χ4v) is 4.76. The predicted molar refractivity (Wildman–Crippen MR) is 145 cm³/mol. The summed E-state index contributed by atoms with van der Waals surface area (Å²) in [6.07, 6.45) is -15.6. The number of ether oxygens (including phenoxy) is 11. The van der Waals surface area contributed by atoms with Crippen molar-refractivity contribution >= 4 is 47.8 Å². The number of carbonyl (C=O) groups is 8. The summed E-state index contributed by atoms with van der Waals surface area (Å²) < 4.78 is 59.8. The molecule has 0 amide bonds. The number of hydrogen-bond acceptors (Lipinski definition) is 19. The topological polar surface area (TPSA) is 238 Å². The summed E-state index contributed by atoms with van der Waals surface area (Å²) in [6, 6.07) is 0. The zero-order valence-corrected chi connectivity index (χ0v) is 26.9. The zero-order chi connectivity index (χ0) is 35.6. The van der Waals surface area contributed by atoms with E-state index in [1.54, 1.807) is 0 Å². The molecule has 0 N–H and O–H groups in total. The maximum atomic E-state index is 12.1. The van der Waals surface area contributed by atoms with Crippen LogP contribution in [0.4, 0.5) is 0 Å². The molecule has 19 nitrogen and oxygen atoms in total. The molecule has 2 rings (SSSR count). The van der Waals surface area contributed by atoms with Gasteiger partial charge in [-0.15, -0.1) is 0 Å². The SMILES string of the molecule is CC(=O)OC[C@H]1O[C@H](OC[C@@H]2O[C@@H](OC(C)=O)[C@H](OC(C)=O)[C@@H](OC(C)=O)[C@@H]2OC(C)=O)[C@H](OC(C)=O)[C@@H](OC(C)=O)[C@@H]1OC(C)=O. The Hall–Kier alpha value is -4.36. The molecule has 264 valence electrons. The normalized spacial score (nSPS) is 30.0. The minimum Gasteiger partial charge on any atom is -0.463 e. The Morgan fingerprint density at radius 3 is 1.09 bits per heavy atom. The van der Waals surface area contributed by atoms with Crippen molar-refractivity contribution < 1.29 is 90.5 Å². The van der Waals surface area contributed by atoms with Crippen LogP contribution in [-0.2, 0) is 90.5 Å². The van der Waals surface area contributed by atoms with E-state index in [-0.39, 0.29) is 0 Å². The summed E-state index contributed by atoms with van der Waals surface area (Å²) in [6.45, 7) is 7.09. The van der Waals surface area contributed by atoms with Gasteiger partial charge in [-0.2, -0.15) is 0 Å². The molecule has 0 spiro atoms. The van der Waals surface area contributed by atoms with Crippen molar-refractivity contribution in [1.29, 1.82) is 0 Å². The Morgan fingerprint density at radius 1 is 0.383 bits per heavy atom. The van der Waals surface area contributed by atoms with Crippen LogP contribution >= 0.6 is 0 Å². The van der Waals surface area contributed by atoms with Gasteiger partial charge in [-0.1, -0.05) is 0 Å². The van der Waals surface area contributed by atoms with E-state index in [4.69, 9.17) is 52.1 Å². The van der Waals surface area contributed by atoms with E-state index in [1.165, 1.54) is 0 Å². The van der Waals surface area contributed by atoms with E-state index < -0.39 is 122 Å². The molecular weight excluding hydrogens is 640 g/mol. The van der Waals surface area contributed by atoms with Gasteiger partial charge in [-0.3, -0.25) is 38.4 Å². The van der Waals surface area contributed by atoms with Gasteiger partial charge < -0.3 is 52.1 Å². The standard InChI is InChI=1S/C28H38O19/c1-11(29)37-9-19-21(39-12(2)30)23(41-14(4)32)25(43-16(6)34)27(46-19)38-10-20-22(40-13(3)31)24(42-15(5)33)26(44-17(7)35)28(47-20)45-18(8)36/h19-28H,9-10H2,1-8H3/t19-,20+,21-,22-,23+,24+,25-,26-,27+,28-/m1/s1. The average Bonchev–Trinajstić information content (AvgIpc) is 2.91. The van der Waals surface area contributed by atoms with Crippen LogP contribution in [0.15, 0.2) is 0 Å². The van der Waals surface area contributed by atoms with Crippen LogP contribution in [0.25, 0.3) is 0 Å². The number of carbonyl (C=O) groups excluding carboxylic acids is 8. The van der Waals surface area contributed by atoms with Gasteiger partial charge in [0.25, 0.3) is 0 Å². The van der Waals surface area contributed by atoms with E-state index in [0.717, 1.165) is 55.4 Å². The van der Waals surface area contributed by atoms with Crippen LogP contribution in [0, 0.1) is 0 Å². The lowest BCUT2D eigenvalue weighted by molar-refractivity contribution is -0.331. The molecule has 0 aromatic rings. The molecule has 0 saturated carbocycles. The molecule has 2 aliphatic rings. The second-order valence-electron chi connectivity index (χ2n) is 10.3. The van der Waals surface area contributed by atoms with Crippen LogP contribution in [0.5, 0.6) is 0 Å². The molecule has 10 atom stereocenters. The lowest BCUT2D eigenvalue weighted by Crippen LogP contribution is -2.65.